The molecule has 0 atom stereocenters. The Kier molecular flexibility index (Phi) is 3.91. The molecule has 126 valence electrons. The Hall–Kier alpha value is -2.15. The van der Waals surface area contributed by atoms with Crippen LogP contribution < -0.4 is 10.5 Å². The Morgan fingerprint density at radius 3 is 2.52 bits per heavy atom. The molecule has 3 heterocycles. The number of anilines is 1. The first kappa shape index (κ1) is 16.3. The Morgan fingerprint density at radius 2 is 1.84 bits per heavy atom. The Morgan fingerprint density at radius 1 is 1.12 bits per heavy atom. The predicted octanol–water partition coefficient (Wildman–Crippen LogP) is 4.37. The Labute approximate surface area is 157 Å². The third-order valence-corrected chi connectivity index (χ3v) is 5.49. The van der Waals surface area contributed by atoms with Gasteiger partial charge in [0.1, 0.15) is 21.4 Å². The number of hydrogen-bond donors (Lipinski definition) is 0. The first-order chi connectivity index (χ1) is 12.0. The molecule has 0 aliphatic heterocycles. The SMILES string of the molecule is CN(C)c1c(Cl)cnc2sc3c(=O)n(-c4ccc(Cl)cc4)cnc3c12. The van der Waals surface area contributed by atoms with Gasteiger partial charge >= 0.3 is 0 Å². The molecule has 1 aromatic carbocycles. The van der Waals surface area contributed by atoms with E-state index in [2.05, 4.69) is 9.97 Å². The average Bonchev–Trinajstić information content (AvgIpc) is 2.95. The quantitative estimate of drug-likeness (QED) is 0.509. The van der Waals surface area contributed by atoms with Crippen molar-refractivity contribution in [2.45, 2.75) is 0 Å². The number of rotatable bonds is 2. The summed E-state index contributed by atoms with van der Waals surface area (Å²) in [7, 11) is 3.80. The fourth-order valence-electron chi connectivity index (χ4n) is 2.78. The van der Waals surface area contributed by atoms with E-state index in [1.54, 1.807) is 30.5 Å². The summed E-state index contributed by atoms with van der Waals surface area (Å²) < 4.78 is 2.05. The van der Waals surface area contributed by atoms with E-state index in [9.17, 15) is 4.79 Å². The van der Waals surface area contributed by atoms with E-state index in [0.717, 1.165) is 15.9 Å². The first-order valence-corrected chi connectivity index (χ1v) is 8.96. The van der Waals surface area contributed by atoms with Crippen LogP contribution in [-0.2, 0) is 0 Å². The molecule has 0 saturated heterocycles. The van der Waals surface area contributed by atoms with E-state index in [0.29, 0.717) is 25.9 Å². The molecule has 4 aromatic rings. The molecule has 8 heteroatoms. The summed E-state index contributed by atoms with van der Waals surface area (Å²) >= 11 is 13.6. The lowest BCUT2D eigenvalue weighted by molar-refractivity contribution is 0.967. The van der Waals surface area contributed by atoms with Gasteiger partial charge in [0.25, 0.3) is 5.56 Å². The van der Waals surface area contributed by atoms with E-state index in [4.69, 9.17) is 23.2 Å². The smallest absolute Gasteiger partial charge is 0.275 e. The molecule has 0 N–H and O–H groups in total. The summed E-state index contributed by atoms with van der Waals surface area (Å²) in [5.74, 6) is 0. The lowest BCUT2D eigenvalue weighted by Gasteiger charge is -2.15. The number of halogens is 2. The van der Waals surface area contributed by atoms with Crippen molar-refractivity contribution in [3.8, 4) is 5.69 Å². The first-order valence-electron chi connectivity index (χ1n) is 7.39. The summed E-state index contributed by atoms with van der Waals surface area (Å²) in [5.41, 5.74) is 2.00. The van der Waals surface area contributed by atoms with Gasteiger partial charge in [-0.2, -0.15) is 0 Å². The van der Waals surface area contributed by atoms with Crippen molar-refractivity contribution >= 4 is 60.7 Å². The molecule has 4 rings (SSSR count). The van der Waals surface area contributed by atoms with Crippen molar-refractivity contribution in [2.24, 2.45) is 0 Å². The molecular weight excluding hydrogens is 379 g/mol. The second-order valence-corrected chi connectivity index (χ2v) is 7.55. The van der Waals surface area contributed by atoms with Crippen LogP contribution in [-0.4, -0.2) is 28.6 Å². The Balaban J connectivity index is 2.06. The number of hydrogen-bond acceptors (Lipinski definition) is 5. The standard InChI is InChI=1S/C17H12Cl2N4OS/c1-22(2)14-11(19)7-20-16-12(14)13-15(25-16)17(24)23(8-21-13)10-5-3-9(18)4-6-10/h3-8H,1-2H3. The maximum Gasteiger partial charge on any atom is 0.275 e. The van der Waals surface area contributed by atoms with Crippen molar-refractivity contribution in [3.63, 3.8) is 0 Å². The molecule has 5 nitrogen and oxygen atoms in total. The molecule has 0 bridgehead atoms. The zero-order valence-corrected chi connectivity index (χ0v) is 15.7. The van der Waals surface area contributed by atoms with Gasteiger partial charge in [0.05, 0.1) is 21.8 Å². The van der Waals surface area contributed by atoms with Crippen LogP contribution in [0.1, 0.15) is 0 Å². The molecule has 0 aliphatic rings. The summed E-state index contributed by atoms with van der Waals surface area (Å²) in [6.07, 6.45) is 3.13. The van der Waals surface area contributed by atoms with Crippen molar-refractivity contribution < 1.29 is 0 Å². The molecule has 0 unspecified atom stereocenters. The minimum atomic E-state index is -0.142. The Bertz CT molecular complexity index is 1170. The van der Waals surface area contributed by atoms with Crippen LogP contribution in [0.3, 0.4) is 0 Å². The minimum absolute atomic E-state index is 0.142. The summed E-state index contributed by atoms with van der Waals surface area (Å²) in [5, 5.41) is 1.95. The van der Waals surface area contributed by atoms with Crippen molar-refractivity contribution in [1.29, 1.82) is 0 Å². The van der Waals surface area contributed by atoms with Gasteiger partial charge in [-0.1, -0.05) is 23.2 Å². The van der Waals surface area contributed by atoms with Gasteiger partial charge in [0.2, 0.25) is 0 Å². The normalized spacial score (nSPS) is 11.4. The van der Waals surface area contributed by atoms with Gasteiger partial charge < -0.3 is 4.90 Å². The molecule has 3 aromatic heterocycles. The van der Waals surface area contributed by atoms with Crippen molar-refractivity contribution in [2.75, 3.05) is 19.0 Å². The fourth-order valence-corrected chi connectivity index (χ4v) is 4.25. The second kappa shape index (κ2) is 5.98. The largest absolute Gasteiger partial charge is 0.376 e. The second-order valence-electron chi connectivity index (χ2n) is 5.71. The van der Waals surface area contributed by atoms with Crippen LogP contribution in [0.4, 0.5) is 5.69 Å². The van der Waals surface area contributed by atoms with Crippen molar-refractivity contribution in [3.05, 3.63) is 57.2 Å². The number of thiophene rings is 1. The van der Waals surface area contributed by atoms with E-state index >= 15 is 0 Å². The number of pyridine rings is 1. The third-order valence-electron chi connectivity index (χ3n) is 3.89. The molecule has 0 radical (unpaired) electrons. The minimum Gasteiger partial charge on any atom is -0.376 e. The fraction of sp³-hybridized carbons (Fsp3) is 0.118. The van der Waals surface area contributed by atoms with Crippen LogP contribution in [0, 0.1) is 0 Å². The number of aromatic nitrogens is 3. The van der Waals surface area contributed by atoms with Gasteiger partial charge in [0.15, 0.2) is 0 Å². The maximum atomic E-state index is 13.0. The van der Waals surface area contributed by atoms with Gasteiger partial charge in [-0.15, -0.1) is 11.3 Å². The van der Waals surface area contributed by atoms with Crippen LogP contribution in [0.25, 0.3) is 26.1 Å². The number of benzene rings is 1. The molecule has 0 amide bonds. The molecule has 0 fully saturated rings. The average molecular weight is 391 g/mol. The maximum absolute atomic E-state index is 13.0. The zero-order chi connectivity index (χ0) is 17.7. The monoisotopic (exact) mass is 390 g/mol. The third kappa shape index (κ3) is 2.57. The molecule has 0 saturated carbocycles. The molecule has 0 spiro atoms. The lowest BCUT2D eigenvalue weighted by atomic mass is 10.2. The van der Waals surface area contributed by atoms with Gasteiger partial charge in [-0.3, -0.25) is 9.36 Å². The highest BCUT2D eigenvalue weighted by Gasteiger charge is 2.19. The van der Waals surface area contributed by atoms with Gasteiger partial charge in [-0.05, 0) is 24.3 Å². The summed E-state index contributed by atoms with van der Waals surface area (Å²) in [6, 6.07) is 7.05. The van der Waals surface area contributed by atoms with E-state index in [-0.39, 0.29) is 5.56 Å². The zero-order valence-electron chi connectivity index (χ0n) is 13.3. The summed E-state index contributed by atoms with van der Waals surface area (Å²) in [6.45, 7) is 0. The van der Waals surface area contributed by atoms with Crippen LogP contribution >= 0.6 is 34.5 Å². The van der Waals surface area contributed by atoms with E-state index in [1.165, 1.54) is 22.2 Å². The van der Waals surface area contributed by atoms with Crippen LogP contribution in [0.2, 0.25) is 10.0 Å². The van der Waals surface area contributed by atoms with E-state index in [1.807, 2.05) is 19.0 Å². The highest BCUT2D eigenvalue weighted by atomic mass is 35.5. The highest BCUT2D eigenvalue weighted by Crippen LogP contribution is 2.39. The highest BCUT2D eigenvalue weighted by molar-refractivity contribution is 7.25. The van der Waals surface area contributed by atoms with Gasteiger partial charge in [-0.25, -0.2) is 9.97 Å². The van der Waals surface area contributed by atoms with Crippen LogP contribution in [0.5, 0.6) is 0 Å². The van der Waals surface area contributed by atoms with Gasteiger partial charge in [0, 0.05) is 25.3 Å². The number of fused-ring (bicyclic) bond motifs is 3. The van der Waals surface area contributed by atoms with Crippen molar-refractivity contribution in [1.82, 2.24) is 14.5 Å². The molecule has 25 heavy (non-hydrogen) atoms. The predicted molar refractivity (Wildman–Crippen MR) is 105 cm³/mol. The topological polar surface area (TPSA) is 51.0 Å². The number of nitrogens with zero attached hydrogens (tertiary/aromatic N) is 4. The lowest BCUT2D eigenvalue weighted by Crippen LogP contribution is -2.17. The molecule has 0 aliphatic carbocycles. The van der Waals surface area contributed by atoms with E-state index < -0.39 is 0 Å². The summed E-state index contributed by atoms with van der Waals surface area (Å²) in [4.78, 5) is 24.5. The molecular formula is C17H12Cl2N4OS. The van der Waals surface area contributed by atoms with Crippen LogP contribution in [0.15, 0.2) is 41.6 Å².